The van der Waals surface area contributed by atoms with Gasteiger partial charge in [-0.15, -0.1) is 0 Å². The van der Waals surface area contributed by atoms with Crippen LogP contribution in [-0.2, 0) is 0 Å². The topological polar surface area (TPSA) is 104 Å². The van der Waals surface area contributed by atoms with Crippen molar-refractivity contribution < 1.29 is 9.59 Å². The zero-order valence-corrected chi connectivity index (χ0v) is 15.4. The van der Waals surface area contributed by atoms with Gasteiger partial charge in [-0.2, -0.15) is 4.98 Å². The smallest absolute Gasteiger partial charge is 0.260 e. The fraction of sp³-hybridized carbons (Fsp3) is 0.100. The highest BCUT2D eigenvalue weighted by Crippen LogP contribution is 2.37. The summed E-state index contributed by atoms with van der Waals surface area (Å²) in [5, 5.41) is 3.08. The number of nitrogens with one attached hydrogen (secondary N) is 1. The van der Waals surface area contributed by atoms with Gasteiger partial charge in [-0.3, -0.25) is 9.59 Å². The predicted octanol–water partition coefficient (Wildman–Crippen LogP) is 2.68. The van der Waals surface area contributed by atoms with Crippen molar-refractivity contribution in [3.8, 4) is 0 Å². The number of benzene rings is 2. The van der Waals surface area contributed by atoms with Crippen LogP contribution in [0.3, 0.4) is 0 Å². The molecule has 0 saturated heterocycles. The lowest BCUT2D eigenvalue weighted by atomic mass is 10.1. The van der Waals surface area contributed by atoms with E-state index in [9.17, 15) is 9.59 Å². The fourth-order valence-electron chi connectivity index (χ4n) is 3.14. The number of primary amides is 1. The van der Waals surface area contributed by atoms with Gasteiger partial charge in [-0.1, -0.05) is 18.2 Å². The van der Waals surface area contributed by atoms with E-state index in [1.165, 1.54) is 4.90 Å². The summed E-state index contributed by atoms with van der Waals surface area (Å²) >= 11 is 0. The zero-order valence-electron chi connectivity index (χ0n) is 15.4. The molecule has 0 radical (unpaired) electrons. The number of nitrogens with two attached hydrogens (primary N) is 1. The molecule has 0 atom stereocenters. The monoisotopic (exact) mass is 374 g/mol. The van der Waals surface area contributed by atoms with E-state index >= 15 is 0 Å². The van der Waals surface area contributed by atoms with Gasteiger partial charge in [-0.05, 0) is 30.3 Å². The van der Waals surface area contributed by atoms with Crippen LogP contribution in [0.4, 0.5) is 28.8 Å². The van der Waals surface area contributed by atoms with Crippen molar-refractivity contribution in [2.24, 2.45) is 5.73 Å². The van der Waals surface area contributed by atoms with Crippen molar-refractivity contribution >= 4 is 40.6 Å². The minimum absolute atomic E-state index is 0.125. The minimum atomic E-state index is -0.511. The van der Waals surface area contributed by atoms with E-state index in [2.05, 4.69) is 15.3 Å². The summed E-state index contributed by atoms with van der Waals surface area (Å²) in [6.45, 7) is 0. The lowest BCUT2D eigenvalue weighted by Gasteiger charge is -2.21. The van der Waals surface area contributed by atoms with Crippen molar-refractivity contribution in [1.29, 1.82) is 0 Å². The van der Waals surface area contributed by atoms with Gasteiger partial charge in [0.2, 0.25) is 11.9 Å². The van der Waals surface area contributed by atoms with E-state index in [0.717, 1.165) is 5.69 Å². The number of carbonyl (C=O) groups excluding carboxylic acids is 2. The highest BCUT2D eigenvalue weighted by Gasteiger charge is 2.28. The van der Waals surface area contributed by atoms with Crippen molar-refractivity contribution in [2.45, 2.75) is 0 Å². The molecule has 0 saturated carbocycles. The molecule has 1 aliphatic heterocycles. The average molecular weight is 374 g/mol. The van der Waals surface area contributed by atoms with Crippen LogP contribution in [0.1, 0.15) is 20.7 Å². The number of fused-ring (bicyclic) bond motifs is 2. The van der Waals surface area contributed by atoms with E-state index in [-0.39, 0.29) is 5.91 Å². The molecule has 0 spiro atoms. The zero-order chi connectivity index (χ0) is 19.8. The molecular formula is C20H18N6O2. The van der Waals surface area contributed by atoms with Crippen molar-refractivity contribution in [2.75, 3.05) is 29.2 Å². The van der Waals surface area contributed by atoms with Crippen LogP contribution in [0.2, 0.25) is 0 Å². The first kappa shape index (κ1) is 17.5. The Hall–Kier alpha value is -3.94. The standard InChI is InChI=1S/C20H18N6O2/c1-25-15-9-4-3-8-14(15)19(28)26(2)16-11-22-20(24-18(16)25)23-13-7-5-6-12(10-13)17(21)27/h3-11H,1-2H3,(H2,21,27)(H,22,23,24). The first-order chi connectivity index (χ1) is 13.5. The van der Waals surface area contributed by atoms with Crippen LogP contribution in [-0.4, -0.2) is 35.9 Å². The Bertz CT molecular complexity index is 1100. The third-order valence-electron chi connectivity index (χ3n) is 4.63. The summed E-state index contributed by atoms with van der Waals surface area (Å²) in [5.41, 5.74) is 8.31. The van der Waals surface area contributed by atoms with Crippen molar-refractivity contribution in [1.82, 2.24) is 9.97 Å². The molecule has 0 unspecified atom stereocenters. The maximum atomic E-state index is 12.8. The number of rotatable bonds is 3. The quantitative estimate of drug-likeness (QED) is 0.730. The molecule has 4 rings (SSSR count). The molecule has 2 amide bonds. The van der Waals surface area contributed by atoms with Gasteiger partial charge in [0.05, 0.1) is 17.4 Å². The Labute approximate surface area is 161 Å². The van der Waals surface area contributed by atoms with E-state index < -0.39 is 5.91 Å². The van der Waals surface area contributed by atoms with Gasteiger partial charge < -0.3 is 20.9 Å². The molecule has 2 heterocycles. The molecule has 140 valence electrons. The van der Waals surface area contributed by atoms with Gasteiger partial charge in [-0.25, -0.2) is 4.98 Å². The molecule has 28 heavy (non-hydrogen) atoms. The molecular weight excluding hydrogens is 356 g/mol. The Morgan fingerprint density at radius 1 is 1.04 bits per heavy atom. The minimum Gasteiger partial charge on any atom is -0.366 e. The van der Waals surface area contributed by atoms with E-state index in [4.69, 9.17) is 5.73 Å². The lowest BCUT2D eigenvalue weighted by Crippen LogP contribution is -2.25. The number of para-hydroxylation sites is 1. The second-order valence-electron chi connectivity index (χ2n) is 6.41. The van der Waals surface area contributed by atoms with Crippen LogP contribution in [0.25, 0.3) is 0 Å². The number of aromatic nitrogens is 2. The van der Waals surface area contributed by atoms with Crippen molar-refractivity contribution in [3.05, 3.63) is 65.9 Å². The van der Waals surface area contributed by atoms with Gasteiger partial charge in [0.1, 0.15) is 5.69 Å². The summed E-state index contributed by atoms with van der Waals surface area (Å²) in [7, 11) is 3.55. The normalized spacial score (nSPS) is 12.9. The maximum Gasteiger partial charge on any atom is 0.260 e. The highest BCUT2D eigenvalue weighted by molar-refractivity contribution is 6.13. The molecule has 3 N–H and O–H groups in total. The molecule has 0 bridgehead atoms. The second-order valence-corrected chi connectivity index (χ2v) is 6.41. The van der Waals surface area contributed by atoms with Gasteiger partial charge in [0, 0.05) is 25.3 Å². The fourth-order valence-corrected chi connectivity index (χ4v) is 3.14. The summed E-state index contributed by atoms with van der Waals surface area (Å²) in [4.78, 5) is 36.5. The first-order valence-corrected chi connectivity index (χ1v) is 8.60. The lowest BCUT2D eigenvalue weighted by molar-refractivity contribution is 0.0988. The summed E-state index contributed by atoms with van der Waals surface area (Å²) < 4.78 is 0. The van der Waals surface area contributed by atoms with Crippen LogP contribution in [0.15, 0.2) is 54.7 Å². The van der Waals surface area contributed by atoms with Crippen LogP contribution < -0.4 is 20.9 Å². The Morgan fingerprint density at radius 3 is 2.61 bits per heavy atom. The van der Waals surface area contributed by atoms with E-state index in [1.807, 2.05) is 30.1 Å². The highest BCUT2D eigenvalue weighted by atomic mass is 16.2. The maximum absolute atomic E-state index is 12.8. The predicted molar refractivity (Wildman–Crippen MR) is 108 cm³/mol. The number of hydrogen-bond acceptors (Lipinski definition) is 6. The molecule has 2 aromatic carbocycles. The van der Waals surface area contributed by atoms with Gasteiger partial charge in [0.15, 0.2) is 5.82 Å². The second kappa shape index (κ2) is 6.66. The molecule has 0 fully saturated rings. The van der Waals surface area contributed by atoms with Crippen LogP contribution in [0.5, 0.6) is 0 Å². The molecule has 1 aromatic heterocycles. The third kappa shape index (κ3) is 2.90. The van der Waals surface area contributed by atoms with Crippen LogP contribution in [0, 0.1) is 0 Å². The molecule has 0 aliphatic carbocycles. The van der Waals surface area contributed by atoms with E-state index in [1.54, 1.807) is 43.6 Å². The Balaban J connectivity index is 1.75. The molecule has 3 aromatic rings. The average Bonchev–Trinajstić information content (AvgIpc) is 2.79. The number of hydrogen-bond donors (Lipinski definition) is 2. The largest absolute Gasteiger partial charge is 0.366 e. The molecule has 1 aliphatic rings. The summed E-state index contributed by atoms with van der Waals surface area (Å²) in [6, 6.07) is 14.2. The SMILES string of the molecule is CN1C(=O)c2ccccc2N(C)c2nc(Nc3cccc(C(N)=O)c3)ncc21. The Kier molecular flexibility index (Phi) is 4.15. The van der Waals surface area contributed by atoms with Crippen molar-refractivity contribution in [3.63, 3.8) is 0 Å². The Morgan fingerprint density at radius 2 is 1.82 bits per heavy atom. The number of nitrogens with zero attached hydrogens (tertiary/aromatic N) is 4. The number of carbonyl (C=O) groups is 2. The van der Waals surface area contributed by atoms with Gasteiger partial charge in [0.25, 0.3) is 5.91 Å². The summed E-state index contributed by atoms with van der Waals surface area (Å²) in [6.07, 6.45) is 1.60. The van der Waals surface area contributed by atoms with Crippen LogP contribution >= 0.6 is 0 Å². The molecule has 8 heteroatoms. The van der Waals surface area contributed by atoms with Gasteiger partial charge >= 0.3 is 0 Å². The molecule has 8 nitrogen and oxygen atoms in total. The number of amides is 2. The van der Waals surface area contributed by atoms with E-state index in [0.29, 0.717) is 34.3 Å². The third-order valence-corrected chi connectivity index (χ3v) is 4.63. The first-order valence-electron chi connectivity index (χ1n) is 8.60. The summed E-state index contributed by atoms with van der Waals surface area (Å²) in [5.74, 6) is 0.291. The number of anilines is 5.